The van der Waals surface area contributed by atoms with E-state index in [1.54, 1.807) is 30.3 Å². The van der Waals surface area contributed by atoms with Crippen molar-refractivity contribution in [2.45, 2.75) is 10.1 Å². The first-order chi connectivity index (χ1) is 14.0. The van der Waals surface area contributed by atoms with Crippen LogP contribution in [0.3, 0.4) is 0 Å². The molecule has 150 valence electrons. The number of nitro groups is 1. The molecule has 0 spiro atoms. The van der Waals surface area contributed by atoms with E-state index in [4.69, 9.17) is 9.47 Å². The van der Waals surface area contributed by atoms with E-state index in [1.165, 1.54) is 49.5 Å². The predicted molar refractivity (Wildman–Crippen MR) is 110 cm³/mol. The predicted octanol–water partition coefficient (Wildman–Crippen LogP) is 4.01. The third-order valence-corrected chi connectivity index (χ3v) is 5.77. The molecule has 0 unspecified atom stereocenters. The van der Waals surface area contributed by atoms with E-state index in [2.05, 4.69) is 15.5 Å². The molecule has 9 nitrogen and oxygen atoms in total. The van der Waals surface area contributed by atoms with E-state index in [0.717, 1.165) is 5.56 Å². The number of nitrogens with zero attached hydrogens (tertiary/aromatic N) is 3. The molecule has 29 heavy (non-hydrogen) atoms. The first kappa shape index (κ1) is 20.6. The maximum atomic E-state index is 12.5. The van der Waals surface area contributed by atoms with Crippen molar-refractivity contribution in [3.8, 4) is 11.5 Å². The van der Waals surface area contributed by atoms with Gasteiger partial charge in [0.2, 0.25) is 5.13 Å². The van der Waals surface area contributed by atoms with Crippen molar-refractivity contribution in [2.24, 2.45) is 0 Å². The molecule has 0 saturated carbocycles. The Hall–Kier alpha value is -3.18. The first-order valence-electron chi connectivity index (χ1n) is 8.22. The van der Waals surface area contributed by atoms with Gasteiger partial charge in [-0.05, 0) is 17.7 Å². The van der Waals surface area contributed by atoms with Crippen LogP contribution in [0.4, 0.5) is 10.8 Å². The van der Waals surface area contributed by atoms with Crippen LogP contribution >= 0.6 is 23.1 Å². The molecule has 3 aromatic rings. The molecule has 0 aliphatic heterocycles. The topological polar surface area (TPSA) is 116 Å². The molecule has 0 radical (unpaired) electrons. The summed E-state index contributed by atoms with van der Waals surface area (Å²) in [6.07, 6.45) is 0. The van der Waals surface area contributed by atoms with Crippen LogP contribution in [-0.2, 0) is 5.75 Å². The number of anilines is 1. The number of benzene rings is 2. The number of carbonyl (C=O) groups excluding carboxylic acids is 1. The largest absolute Gasteiger partial charge is 0.497 e. The SMILES string of the molecule is COc1cc(OC)cc(C(=O)Nc2nnc(SCc3cccc([N+](=O)[O-])c3)s2)c1. The third kappa shape index (κ3) is 5.42. The molecule has 2 aromatic carbocycles. The monoisotopic (exact) mass is 432 g/mol. The Labute approximate surface area is 174 Å². The lowest BCUT2D eigenvalue weighted by molar-refractivity contribution is -0.384. The summed E-state index contributed by atoms with van der Waals surface area (Å²) < 4.78 is 11.0. The minimum atomic E-state index is -0.430. The molecule has 0 fully saturated rings. The molecule has 1 heterocycles. The summed E-state index contributed by atoms with van der Waals surface area (Å²) in [6, 6.07) is 11.3. The molecule has 1 aromatic heterocycles. The Bertz CT molecular complexity index is 1020. The second kappa shape index (κ2) is 9.34. The Balaban J connectivity index is 1.64. The number of carbonyl (C=O) groups is 1. The van der Waals surface area contributed by atoms with Gasteiger partial charge in [-0.1, -0.05) is 35.2 Å². The van der Waals surface area contributed by atoms with Gasteiger partial charge in [-0.25, -0.2) is 0 Å². The van der Waals surface area contributed by atoms with Crippen LogP contribution in [0.25, 0.3) is 0 Å². The van der Waals surface area contributed by atoms with Gasteiger partial charge in [-0.15, -0.1) is 10.2 Å². The van der Waals surface area contributed by atoms with Gasteiger partial charge in [0.15, 0.2) is 4.34 Å². The zero-order chi connectivity index (χ0) is 20.8. The molecule has 3 rings (SSSR count). The minimum absolute atomic E-state index is 0.0435. The van der Waals surface area contributed by atoms with Crippen molar-refractivity contribution in [3.05, 3.63) is 63.7 Å². The van der Waals surface area contributed by atoms with E-state index >= 15 is 0 Å². The Morgan fingerprint density at radius 3 is 2.55 bits per heavy atom. The highest BCUT2D eigenvalue weighted by molar-refractivity contribution is 8.00. The molecule has 0 aliphatic carbocycles. The number of nitro benzene ring substituents is 1. The molecule has 0 atom stereocenters. The highest BCUT2D eigenvalue weighted by atomic mass is 32.2. The van der Waals surface area contributed by atoms with Crippen molar-refractivity contribution < 1.29 is 19.2 Å². The maximum absolute atomic E-state index is 12.5. The van der Waals surface area contributed by atoms with Crippen LogP contribution in [0, 0.1) is 10.1 Å². The summed E-state index contributed by atoms with van der Waals surface area (Å²) in [6.45, 7) is 0. The molecule has 0 saturated heterocycles. The second-order valence-electron chi connectivity index (χ2n) is 5.64. The van der Waals surface area contributed by atoms with E-state index in [9.17, 15) is 14.9 Å². The second-order valence-corrected chi connectivity index (χ2v) is 7.84. The van der Waals surface area contributed by atoms with Gasteiger partial charge in [0, 0.05) is 29.5 Å². The normalized spacial score (nSPS) is 10.4. The lowest BCUT2D eigenvalue weighted by Crippen LogP contribution is -2.12. The summed E-state index contributed by atoms with van der Waals surface area (Å²) in [4.78, 5) is 22.9. The summed E-state index contributed by atoms with van der Waals surface area (Å²) in [5.41, 5.74) is 1.21. The molecule has 1 N–H and O–H groups in total. The summed E-state index contributed by atoms with van der Waals surface area (Å²) in [7, 11) is 3.01. The highest BCUT2D eigenvalue weighted by Gasteiger charge is 2.14. The van der Waals surface area contributed by atoms with Crippen LogP contribution in [0.5, 0.6) is 11.5 Å². The van der Waals surface area contributed by atoms with Crippen molar-refractivity contribution in [1.29, 1.82) is 0 Å². The Morgan fingerprint density at radius 2 is 1.90 bits per heavy atom. The number of hydrogen-bond acceptors (Lipinski definition) is 9. The first-order valence-corrected chi connectivity index (χ1v) is 10.0. The number of amides is 1. The van der Waals surface area contributed by atoms with E-state index in [0.29, 0.717) is 32.3 Å². The number of aromatic nitrogens is 2. The molecular formula is C18H16N4O5S2. The third-order valence-electron chi connectivity index (χ3n) is 3.72. The number of thioether (sulfide) groups is 1. The molecule has 1 amide bonds. The van der Waals surface area contributed by atoms with Crippen molar-refractivity contribution in [1.82, 2.24) is 10.2 Å². The zero-order valence-electron chi connectivity index (χ0n) is 15.4. The van der Waals surface area contributed by atoms with Gasteiger partial charge in [-0.3, -0.25) is 20.2 Å². The van der Waals surface area contributed by atoms with E-state index < -0.39 is 4.92 Å². The Morgan fingerprint density at radius 1 is 1.17 bits per heavy atom. The van der Waals surface area contributed by atoms with Crippen molar-refractivity contribution >= 4 is 39.8 Å². The van der Waals surface area contributed by atoms with Crippen LogP contribution < -0.4 is 14.8 Å². The minimum Gasteiger partial charge on any atom is -0.497 e. The summed E-state index contributed by atoms with van der Waals surface area (Å²) in [5.74, 6) is 1.13. The van der Waals surface area contributed by atoms with Gasteiger partial charge >= 0.3 is 0 Å². The fraction of sp³-hybridized carbons (Fsp3) is 0.167. The van der Waals surface area contributed by atoms with Crippen molar-refractivity contribution in [2.75, 3.05) is 19.5 Å². The van der Waals surface area contributed by atoms with E-state index in [-0.39, 0.29) is 11.6 Å². The fourth-order valence-corrected chi connectivity index (χ4v) is 4.02. The van der Waals surface area contributed by atoms with Crippen LogP contribution in [0.15, 0.2) is 46.8 Å². The standard InChI is InChI=1S/C18H16N4O5S2/c1-26-14-7-12(8-15(9-14)27-2)16(23)19-17-20-21-18(29-17)28-10-11-4-3-5-13(6-11)22(24)25/h3-9H,10H2,1-2H3,(H,19,20,23). The van der Waals surface area contributed by atoms with Gasteiger partial charge in [0.05, 0.1) is 19.1 Å². The van der Waals surface area contributed by atoms with Crippen LogP contribution in [0.1, 0.15) is 15.9 Å². The molecule has 0 aliphatic rings. The van der Waals surface area contributed by atoms with Crippen molar-refractivity contribution in [3.63, 3.8) is 0 Å². The number of methoxy groups -OCH3 is 2. The lowest BCUT2D eigenvalue weighted by Gasteiger charge is -2.07. The highest BCUT2D eigenvalue weighted by Crippen LogP contribution is 2.30. The van der Waals surface area contributed by atoms with Crippen LogP contribution in [0.2, 0.25) is 0 Å². The van der Waals surface area contributed by atoms with Gasteiger partial charge < -0.3 is 9.47 Å². The molecule has 0 bridgehead atoms. The smallest absolute Gasteiger partial charge is 0.269 e. The summed E-state index contributed by atoms with van der Waals surface area (Å²) in [5, 5.41) is 21.9. The average Bonchev–Trinajstić information content (AvgIpc) is 3.19. The number of ether oxygens (including phenoxy) is 2. The average molecular weight is 432 g/mol. The number of nitrogens with one attached hydrogen (secondary N) is 1. The molecular weight excluding hydrogens is 416 g/mol. The lowest BCUT2D eigenvalue weighted by atomic mass is 10.2. The zero-order valence-corrected chi connectivity index (χ0v) is 17.1. The Kier molecular flexibility index (Phi) is 6.62. The van der Waals surface area contributed by atoms with Gasteiger partial charge in [0.1, 0.15) is 11.5 Å². The fourth-order valence-electron chi connectivity index (χ4n) is 2.33. The maximum Gasteiger partial charge on any atom is 0.269 e. The molecule has 11 heteroatoms. The van der Waals surface area contributed by atoms with Crippen LogP contribution in [-0.4, -0.2) is 35.2 Å². The van der Waals surface area contributed by atoms with Gasteiger partial charge in [-0.2, -0.15) is 0 Å². The number of rotatable bonds is 8. The number of non-ortho nitro benzene ring substituents is 1. The summed E-state index contributed by atoms with van der Waals surface area (Å²) >= 11 is 2.60. The van der Waals surface area contributed by atoms with E-state index in [1.807, 2.05) is 0 Å². The van der Waals surface area contributed by atoms with Gasteiger partial charge in [0.25, 0.3) is 11.6 Å². The quantitative estimate of drug-likeness (QED) is 0.246. The number of hydrogen-bond donors (Lipinski definition) is 1.